The topological polar surface area (TPSA) is 70.4 Å². The van der Waals surface area contributed by atoms with E-state index in [9.17, 15) is 9.90 Å². The van der Waals surface area contributed by atoms with Gasteiger partial charge in [0, 0.05) is 44.5 Å². The van der Waals surface area contributed by atoms with E-state index in [0.29, 0.717) is 11.5 Å². The molecular formula is C23H32N4O2. The van der Waals surface area contributed by atoms with E-state index in [0.717, 1.165) is 56.7 Å². The number of piperidine rings is 1. The van der Waals surface area contributed by atoms with Crippen molar-refractivity contribution in [2.75, 3.05) is 18.4 Å². The van der Waals surface area contributed by atoms with Gasteiger partial charge in [-0.25, -0.2) is 0 Å². The van der Waals surface area contributed by atoms with Crippen LogP contribution in [0.25, 0.3) is 0 Å². The molecule has 1 aromatic carbocycles. The molecule has 6 heteroatoms. The minimum atomic E-state index is -0.158. The first-order valence-electron chi connectivity index (χ1n) is 10.9. The van der Waals surface area contributed by atoms with Gasteiger partial charge < -0.3 is 10.4 Å². The number of hydrogen-bond acceptors (Lipinski definition) is 4. The van der Waals surface area contributed by atoms with Crippen LogP contribution in [0.4, 0.5) is 5.69 Å². The number of nitrogens with one attached hydrogen (secondary N) is 1. The smallest absolute Gasteiger partial charge is 0.259 e. The molecule has 1 saturated heterocycles. The Morgan fingerprint density at radius 3 is 2.69 bits per heavy atom. The third-order valence-corrected chi connectivity index (χ3v) is 6.24. The fourth-order valence-electron chi connectivity index (χ4n) is 4.64. The highest BCUT2D eigenvalue weighted by Crippen LogP contribution is 2.33. The third-order valence-electron chi connectivity index (χ3n) is 6.24. The van der Waals surface area contributed by atoms with Crippen molar-refractivity contribution < 1.29 is 9.90 Å². The number of likely N-dealkylation sites (tertiary alicyclic amines) is 1. The largest absolute Gasteiger partial charge is 0.393 e. The Labute approximate surface area is 172 Å². The molecule has 1 aliphatic carbocycles. The summed E-state index contributed by atoms with van der Waals surface area (Å²) in [6.07, 6.45) is 9.33. The van der Waals surface area contributed by atoms with Crippen LogP contribution in [0.1, 0.15) is 72.5 Å². The van der Waals surface area contributed by atoms with Crippen LogP contribution in [-0.2, 0) is 13.6 Å². The van der Waals surface area contributed by atoms with Gasteiger partial charge in [-0.05, 0) is 43.4 Å². The molecule has 2 heterocycles. The maximum Gasteiger partial charge on any atom is 0.259 e. The van der Waals surface area contributed by atoms with Crippen LogP contribution in [0.3, 0.4) is 0 Å². The van der Waals surface area contributed by atoms with Crippen LogP contribution < -0.4 is 5.32 Å². The number of benzene rings is 1. The fraction of sp³-hybridized carbons (Fsp3) is 0.565. The molecular weight excluding hydrogens is 364 g/mol. The number of nitrogens with zero attached hydrogens (tertiary/aromatic N) is 3. The number of amides is 1. The molecule has 2 N–H and O–H groups in total. The zero-order valence-electron chi connectivity index (χ0n) is 17.3. The number of aliphatic hydroxyl groups is 1. The van der Waals surface area contributed by atoms with E-state index in [2.05, 4.69) is 27.4 Å². The standard InChI is InChI=1S/C23H32N4O2/c1-26-16-21(22(25-26)18-7-3-2-4-8-18)23(29)24-19-9-5-6-17(14-19)15-27-12-10-20(28)11-13-27/h5-6,9,14,16,18,20,28H,2-4,7-8,10-13,15H2,1H3,(H,24,29). The van der Waals surface area contributed by atoms with Crippen LogP contribution in [0.5, 0.6) is 0 Å². The Morgan fingerprint density at radius 1 is 1.17 bits per heavy atom. The fourth-order valence-corrected chi connectivity index (χ4v) is 4.64. The normalized spacial score (nSPS) is 19.4. The predicted octanol–water partition coefficient (Wildman–Crippen LogP) is 3.68. The summed E-state index contributed by atoms with van der Waals surface area (Å²) in [5.41, 5.74) is 3.66. The highest BCUT2D eigenvalue weighted by Gasteiger charge is 2.25. The van der Waals surface area contributed by atoms with Crippen molar-refractivity contribution in [1.29, 1.82) is 0 Å². The molecule has 1 saturated carbocycles. The molecule has 6 nitrogen and oxygen atoms in total. The number of anilines is 1. The molecule has 0 spiro atoms. The molecule has 0 bridgehead atoms. The summed E-state index contributed by atoms with van der Waals surface area (Å²) in [6, 6.07) is 8.09. The van der Waals surface area contributed by atoms with Crippen molar-refractivity contribution in [3.63, 3.8) is 0 Å². The van der Waals surface area contributed by atoms with Gasteiger partial charge in [0.2, 0.25) is 0 Å². The van der Waals surface area contributed by atoms with E-state index in [-0.39, 0.29) is 12.0 Å². The Hall–Kier alpha value is -2.18. The van der Waals surface area contributed by atoms with Crippen LogP contribution in [0.2, 0.25) is 0 Å². The van der Waals surface area contributed by atoms with E-state index in [1.165, 1.54) is 24.8 Å². The first kappa shape index (κ1) is 20.1. The van der Waals surface area contributed by atoms with Crippen LogP contribution in [0.15, 0.2) is 30.5 Å². The Bertz CT molecular complexity index is 833. The Balaban J connectivity index is 1.43. The zero-order chi connectivity index (χ0) is 20.2. The number of hydrogen-bond donors (Lipinski definition) is 2. The third kappa shape index (κ3) is 5.06. The van der Waals surface area contributed by atoms with Gasteiger partial charge in [0.15, 0.2) is 0 Å². The second-order valence-electron chi connectivity index (χ2n) is 8.60. The van der Waals surface area contributed by atoms with E-state index < -0.39 is 0 Å². The molecule has 156 valence electrons. The van der Waals surface area contributed by atoms with E-state index in [1.807, 2.05) is 25.4 Å². The average Bonchev–Trinajstić information content (AvgIpc) is 3.13. The summed E-state index contributed by atoms with van der Waals surface area (Å²) in [7, 11) is 1.89. The Morgan fingerprint density at radius 2 is 1.93 bits per heavy atom. The summed E-state index contributed by atoms with van der Waals surface area (Å²) < 4.78 is 1.76. The van der Waals surface area contributed by atoms with Gasteiger partial charge in [0.05, 0.1) is 17.4 Å². The van der Waals surface area contributed by atoms with Crippen molar-refractivity contribution in [1.82, 2.24) is 14.7 Å². The number of aryl methyl sites for hydroxylation is 1. The number of carbonyl (C=O) groups is 1. The van der Waals surface area contributed by atoms with Gasteiger partial charge in [-0.1, -0.05) is 31.4 Å². The molecule has 29 heavy (non-hydrogen) atoms. The highest BCUT2D eigenvalue weighted by atomic mass is 16.3. The SMILES string of the molecule is Cn1cc(C(=O)Nc2cccc(CN3CCC(O)CC3)c2)c(C2CCCCC2)n1. The minimum Gasteiger partial charge on any atom is -0.393 e. The summed E-state index contributed by atoms with van der Waals surface area (Å²) >= 11 is 0. The lowest BCUT2D eigenvalue weighted by Gasteiger charge is -2.29. The van der Waals surface area contributed by atoms with Crippen molar-refractivity contribution >= 4 is 11.6 Å². The summed E-state index contributed by atoms with van der Waals surface area (Å²) in [5, 5.41) is 17.4. The van der Waals surface area contributed by atoms with Crippen molar-refractivity contribution in [2.24, 2.45) is 7.05 Å². The van der Waals surface area contributed by atoms with Gasteiger partial charge in [0.1, 0.15) is 0 Å². The van der Waals surface area contributed by atoms with Crippen molar-refractivity contribution in [3.05, 3.63) is 47.3 Å². The monoisotopic (exact) mass is 396 g/mol. The van der Waals surface area contributed by atoms with Crippen LogP contribution in [0, 0.1) is 0 Å². The molecule has 0 radical (unpaired) electrons. The lowest BCUT2D eigenvalue weighted by molar-refractivity contribution is 0.0792. The van der Waals surface area contributed by atoms with Gasteiger partial charge >= 0.3 is 0 Å². The maximum absolute atomic E-state index is 13.0. The van der Waals surface area contributed by atoms with E-state index in [1.54, 1.807) is 4.68 Å². The maximum atomic E-state index is 13.0. The Kier molecular flexibility index (Phi) is 6.31. The van der Waals surface area contributed by atoms with E-state index in [4.69, 9.17) is 0 Å². The van der Waals surface area contributed by atoms with Crippen LogP contribution >= 0.6 is 0 Å². The number of aliphatic hydroxyl groups excluding tert-OH is 1. The van der Waals surface area contributed by atoms with Gasteiger partial charge in [-0.2, -0.15) is 5.10 Å². The minimum absolute atomic E-state index is 0.0723. The highest BCUT2D eigenvalue weighted by molar-refractivity contribution is 6.05. The molecule has 0 atom stereocenters. The summed E-state index contributed by atoms with van der Waals surface area (Å²) in [4.78, 5) is 15.4. The lowest BCUT2D eigenvalue weighted by Crippen LogP contribution is -2.35. The number of aromatic nitrogens is 2. The summed E-state index contributed by atoms with van der Waals surface area (Å²) in [5.74, 6) is 0.323. The molecule has 1 amide bonds. The molecule has 1 aliphatic heterocycles. The first-order valence-corrected chi connectivity index (χ1v) is 10.9. The number of rotatable bonds is 5. The quantitative estimate of drug-likeness (QED) is 0.809. The first-order chi connectivity index (χ1) is 14.1. The molecule has 2 fully saturated rings. The van der Waals surface area contributed by atoms with Gasteiger partial charge in [-0.3, -0.25) is 14.4 Å². The van der Waals surface area contributed by atoms with Crippen molar-refractivity contribution in [3.8, 4) is 0 Å². The summed E-state index contributed by atoms with van der Waals surface area (Å²) in [6.45, 7) is 2.67. The average molecular weight is 397 g/mol. The zero-order valence-corrected chi connectivity index (χ0v) is 17.3. The van der Waals surface area contributed by atoms with Crippen molar-refractivity contribution in [2.45, 2.75) is 63.5 Å². The van der Waals surface area contributed by atoms with Gasteiger partial charge in [-0.15, -0.1) is 0 Å². The second-order valence-corrected chi connectivity index (χ2v) is 8.60. The van der Waals surface area contributed by atoms with Gasteiger partial charge in [0.25, 0.3) is 5.91 Å². The molecule has 4 rings (SSSR count). The number of carbonyl (C=O) groups excluding carboxylic acids is 1. The predicted molar refractivity (Wildman–Crippen MR) is 114 cm³/mol. The molecule has 1 aromatic heterocycles. The second kappa shape index (κ2) is 9.09. The lowest BCUT2D eigenvalue weighted by atomic mass is 9.85. The molecule has 2 aliphatic rings. The van der Waals surface area contributed by atoms with Crippen LogP contribution in [-0.4, -0.2) is 44.9 Å². The van der Waals surface area contributed by atoms with E-state index >= 15 is 0 Å². The molecule has 2 aromatic rings. The molecule has 0 unspecified atom stereocenters.